The summed E-state index contributed by atoms with van der Waals surface area (Å²) in [6.45, 7) is 1.83. The average molecular weight is 359 g/mol. The van der Waals surface area contributed by atoms with Gasteiger partial charge < -0.3 is 10.5 Å². The Morgan fingerprint density at radius 3 is 2.65 bits per heavy atom. The lowest BCUT2D eigenvalue weighted by Gasteiger charge is -2.23. The molecule has 0 radical (unpaired) electrons. The molecular weight excluding hydrogens is 345 g/mol. The van der Waals surface area contributed by atoms with Crippen molar-refractivity contribution in [3.05, 3.63) is 63.3 Å². The molecule has 0 aliphatic carbocycles. The molecule has 2 unspecified atom stereocenters. The third-order valence-electron chi connectivity index (χ3n) is 2.80. The molecule has 0 aromatic heterocycles. The zero-order valence-corrected chi connectivity index (χ0v) is 13.2. The molecule has 2 N–H and O–H groups in total. The lowest BCUT2D eigenvalue weighted by Crippen LogP contribution is -2.29. The molecule has 0 bridgehead atoms. The van der Waals surface area contributed by atoms with Crippen molar-refractivity contribution in [1.29, 1.82) is 0 Å². The molecule has 0 fully saturated rings. The Kier molecular flexibility index (Phi) is 5.02. The summed E-state index contributed by atoms with van der Waals surface area (Å²) >= 11 is 9.32. The molecule has 0 saturated heterocycles. The lowest BCUT2D eigenvalue weighted by molar-refractivity contribution is 0.178. The molecule has 20 heavy (non-hydrogen) atoms. The van der Waals surface area contributed by atoms with Crippen LogP contribution in [0.2, 0.25) is 5.02 Å². The maximum absolute atomic E-state index is 13.3. The van der Waals surface area contributed by atoms with Crippen LogP contribution in [0, 0.1) is 5.82 Å². The van der Waals surface area contributed by atoms with E-state index >= 15 is 0 Å². The van der Waals surface area contributed by atoms with Gasteiger partial charge in [0.1, 0.15) is 17.7 Å². The van der Waals surface area contributed by atoms with Crippen LogP contribution in [0.4, 0.5) is 4.39 Å². The normalized spacial score (nSPS) is 13.8. The van der Waals surface area contributed by atoms with E-state index in [0.717, 1.165) is 5.56 Å². The lowest BCUT2D eigenvalue weighted by atomic mass is 10.0. The maximum Gasteiger partial charge on any atom is 0.139 e. The molecule has 0 saturated carbocycles. The van der Waals surface area contributed by atoms with E-state index in [1.165, 1.54) is 12.1 Å². The van der Waals surface area contributed by atoms with Gasteiger partial charge in [0.25, 0.3) is 0 Å². The second kappa shape index (κ2) is 6.57. The van der Waals surface area contributed by atoms with E-state index in [2.05, 4.69) is 15.9 Å². The Morgan fingerprint density at radius 1 is 1.25 bits per heavy atom. The van der Waals surface area contributed by atoms with Crippen molar-refractivity contribution in [3.63, 3.8) is 0 Å². The summed E-state index contributed by atoms with van der Waals surface area (Å²) in [5, 5.41) is 0.607. The topological polar surface area (TPSA) is 35.2 Å². The Bertz CT molecular complexity index is 606. The fourth-order valence-electron chi connectivity index (χ4n) is 1.87. The number of nitrogens with two attached hydrogens (primary N) is 1. The number of benzene rings is 2. The highest BCUT2D eigenvalue weighted by molar-refractivity contribution is 9.10. The molecular formula is C15H14BrClFNO. The highest BCUT2D eigenvalue weighted by Crippen LogP contribution is 2.31. The number of ether oxygens (including phenoxy) is 1. The third kappa shape index (κ3) is 3.72. The smallest absolute Gasteiger partial charge is 0.139 e. The van der Waals surface area contributed by atoms with Crippen molar-refractivity contribution in [2.45, 2.75) is 19.1 Å². The van der Waals surface area contributed by atoms with Crippen LogP contribution in [0.5, 0.6) is 5.75 Å². The predicted octanol–water partition coefficient (Wildman–Crippen LogP) is 4.71. The van der Waals surface area contributed by atoms with Gasteiger partial charge in [-0.15, -0.1) is 0 Å². The summed E-state index contributed by atoms with van der Waals surface area (Å²) in [5.41, 5.74) is 6.83. The molecule has 2 atom stereocenters. The Morgan fingerprint density at radius 2 is 2.00 bits per heavy atom. The maximum atomic E-state index is 13.3. The van der Waals surface area contributed by atoms with Gasteiger partial charge in [-0.05, 0) is 52.7 Å². The number of hydrogen-bond donors (Lipinski definition) is 1. The molecule has 2 nitrogen and oxygen atoms in total. The molecule has 2 aromatic carbocycles. The van der Waals surface area contributed by atoms with E-state index in [0.29, 0.717) is 15.2 Å². The summed E-state index contributed by atoms with van der Waals surface area (Å²) in [4.78, 5) is 0. The largest absolute Gasteiger partial charge is 0.483 e. The van der Waals surface area contributed by atoms with Crippen LogP contribution >= 0.6 is 27.5 Å². The van der Waals surface area contributed by atoms with Gasteiger partial charge in [-0.3, -0.25) is 0 Å². The van der Waals surface area contributed by atoms with Crippen LogP contribution in [0.25, 0.3) is 0 Å². The molecule has 0 aliphatic heterocycles. The molecule has 5 heteroatoms. The van der Waals surface area contributed by atoms with Crippen molar-refractivity contribution in [2.75, 3.05) is 0 Å². The van der Waals surface area contributed by atoms with E-state index in [9.17, 15) is 4.39 Å². The highest BCUT2D eigenvalue weighted by Gasteiger charge is 2.20. The first-order chi connectivity index (χ1) is 9.47. The van der Waals surface area contributed by atoms with Gasteiger partial charge in [0, 0.05) is 17.1 Å². The van der Waals surface area contributed by atoms with Crippen LogP contribution < -0.4 is 10.5 Å². The van der Waals surface area contributed by atoms with Gasteiger partial charge in [0.2, 0.25) is 0 Å². The second-order valence-electron chi connectivity index (χ2n) is 4.53. The van der Waals surface area contributed by atoms with Crippen molar-refractivity contribution in [3.8, 4) is 5.75 Å². The van der Waals surface area contributed by atoms with Crippen molar-refractivity contribution in [2.24, 2.45) is 5.73 Å². The first-order valence-electron chi connectivity index (χ1n) is 6.10. The van der Waals surface area contributed by atoms with E-state index in [-0.39, 0.29) is 11.9 Å². The van der Waals surface area contributed by atoms with Gasteiger partial charge in [-0.2, -0.15) is 0 Å². The van der Waals surface area contributed by atoms with E-state index in [1.807, 2.05) is 19.1 Å². The Balaban J connectivity index is 2.33. The minimum atomic E-state index is -0.410. The fourth-order valence-corrected chi connectivity index (χ4v) is 2.41. The summed E-state index contributed by atoms with van der Waals surface area (Å²) < 4.78 is 19.8. The van der Waals surface area contributed by atoms with Gasteiger partial charge in [0.15, 0.2) is 0 Å². The average Bonchev–Trinajstić information content (AvgIpc) is 2.39. The summed E-state index contributed by atoms with van der Waals surface area (Å²) in [6, 6.07) is 11.3. The third-order valence-corrected chi connectivity index (χ3v) is 3.69. The van der Waals surface area contributed by atoms with Crippen molar-refractivity contribution >= 4 is 27.5 Å². The van der Waals surface area contributed by atoms with Crippen LogP contribution in [0.15, 0.2) is 46.9 Å². The van der Waals surface area contributed by atoms with Gasteiger partial charge >= 0.3 is 0 Å². The van der Waals surface area contributed by atoms with Crippen LogP contribution in [0.3, 0.4) is 0 Å². The summed E-state index contributed by atoms with van der Waals surface area (Å²) in [7, 11) is 0. The molecule has 0 amide bonds. The summed E-state index contributed by atoms with van der Waals surface area (Å²) in [5.74, 6) is 0.0463. The standard InChI is InChI=1S/C15H14BrClFNO/c1-9(19)15(10-3-2-4-11(17)7-10)20-14-8-12(18)5-6-13(14)16/h2-9,15H,19H2,1H3. The molecule has 2 aromatic rings. The van der Waals surface area contributed by atoms with Crippen LogP contribution in [-0.4, -0.2) is 6.04 Å². The van der Waals surface area contributed by atoms with E-state index < -0.39 is 6.10 Å². The molecule has 0 spiro atoms. The van der Waals surface area contributed by atoms with E-state index in [1.54, 1.807) is 18.2 Å². The monoisotopic (exact) mass is 357 g/mol. The van der Waals surface area contributed by atoms with Crippen LogP contribution in [0.1, 0.15) is 18.6 Å². The predicted molar refractivity (Wildman–Crippen MR) is 82.6 cm³/mol. The van der Waals surface area contributed by atoms with Crippen molar-refractivity contribution in [1.82, 2.24) is 0 Å². The minimum absolute atomic E-state index is 0.274. The Labute approximate surface area is 130 Å². The number of rotatable bonds is 4. The summed E-state index contributed by atoms with van der Waals surface area (Å²) in [6.07, 6.45) is -0.410. The zero-order valence-electron chi connectivity index (χ0n) is 10.8. The number of hydrogen-bond acceptors (Lipinski definition) is 2. The SMILES string of the molecule is CC(N)C(Oc1cc(F)ccc1Br)c1cccc(Cl)c1. The van der Waals surface area contributed by atoms with Crippen LogP contribution in [-0.2, 0) is 0 Å². The second-order valence-corrected chi connectivity index (χ2v) is 5.82. The fraction of sp³-hybridized carbons (Fsp3) is 0.200. The zero-order chi connectivity index (χ0) is 14.7. The van der Waals surface area contributed by atoms with Gasteiger partial charge in [0.05, 0.1) is 4.47 Å². The number of halogens is 3. The highest BCUT2D eigenvalue weighted by atomic mass is 79.9. The molecule has 2 rings (SSSR count). The quantitative estimate of drug-likeness (QED) is 0.859. The minimum Gasteiger partial charge on any atom is -0.483 e. The van der Waals surface area contributed by atoms with Gasteiger partial charge in [-0.25, -0.2) is 4.39 Å². The molecule has 106 valence electrons. The first kappa shape index (κ1) is 15.3. The van der Waals surface area contributed by atoms with Gasteiger partial charge in [-0.1, -0.05) is 23.7 Å². The van der Waals surface area contributed by atoms with E-state index in [4.69, 9.17) is 22.1 Å². The first-order valence-corrected chi connectivity index (χ1v) is 7.27. The molecule has 0 heterocycles. The molecule has 0 aliphatic rings. The Hall–Kier alpha value is -1.10. The van der Waals surface area contributed by atoms with Crippen molar-refractivity contribution < 1.29 is 9.13 Å².